The Balaban J connectivity index is 1.58. The number of anilines is 1. The van der Waals surface area contributed by atoms with Gasteiger partial charge >= 0.3 is 0 Å². The Morgan fingerprint density at radius 3 is 2.54 bits per heavy atom. The van der Waals surface area contributed by atoms with Crippen molar-refractivity contribution < 1.29 is 4.79 Å². The number of pyridine rings is 1. The van der Waals surface area contributed by atoms with Gasteiger partial charge in [0.25, 0.3) is 0 Å². The van der Waals surface area contributed by atoms with Crippen LogP contribution in [0.25, 0.3) is 16.9 Å². The molecule has 0 bridgehead atoms. The topological polar surface area (TPSA) is 46.4 Å². The number of carbonyl (C=O) groups excluding carboxylic acids is 1. The van der Waals surface area contributed by atoms with Gasteiger partial charge in [0.2, 0.25) is 5.91 Å². The summed E-state index contributed by atoms with van der Waals surface area (Å²) in [5, 5.41) is 2.96. The van der Waals surface area contributed by atoms with Crippen molar-refractivity contribution in [2.75, 3.05) is 5.32 Å². The second-order valence-corrected chi connectivity index (χ2v) is 7.67. The quantitative estimate of drug-likeness (QED) is 0.442. The Morgan fingerprint density at radius 1 is 1.04 bits per heavy atom. The van der Waals surface area contributed by atoms with E-state index in [1.54, 1.807) is 0 Å². The number of hydrogen-bond acceptors (Lipinski definition) is 2. The Labute approximate surface area is 172 Å². The number of aryl methyl sites for hydroxylation is 2. The smallest absolute Gasteiger partial charge is 0.224 e. The molecule has 0 spiro atoms. The molecule has 0 aliphatic rings. The zero-order valence-electron chi connectivity index (χ0n) is 15.5. The Hall–Kier alpha value is -2.92. The SMILES string of the molecule is Cc1ccc(-c2nc3ccccn3c2CCC(=O)Nc2ccc(Br)cc2)cc1. The maximum atomic E-state index is 12.5. The number of halogens is 1. The van der Waals surface area contributed by atoms with E-state index in [0.29, 0.717) is 12.8 Å². The van der Waals surface area contributed by atoms with Crippen LogP contribution in [-0.4, -0.2) is 15.3 Å². The van der Waals surface area contributed by atoms with Gasteiger partial charge in [-0.15, -0.1) is 0 Å². The largest absolute Gasteiger partial charge is 0.326 e. The van der Waals surface area contributed by atoms with Crippen molar-refractivity contribution in [1.29, 1.82) is 0 Å². The molecule has 5 heteroatoms. The Bertz CT molecular complexity index is 1120. The fourth-order valence-electron chi connectivity index (χ4n) is 3.22. The third kappa shape index (κ3) is 3.99. The van der Waals surface area contributed by atoms with Crippen molar-refractivity contribution in [3.05, 3.63) is 88.7 Å². The molecule has 140 valence electrons. The lowest BCUT2D eigenvalue weighted by Gasteiger charge is -2.08. The van der Waals surface area contributed by atoms with Crippen molar-refractivity contribution in [3.63, 3.8) is 0 Å². The number of nitrogens with one attached hydrogen (secondary N) is 1. The predicted molar refractivity (Wildman–Crippen MR) is 116 cm³/mol. The van der Waals surface area contributed by atoms with E-state index >= 15 is 0 Å². The van der Waals surface area contributed by atoms with Crippen LogP contribution >= 0.6 is 15.9 Å². The normalized spacial score (nSPS) is 10.9. The molecule has 0 aliphatic heterocycles. The van der Waals surface area contributed by atoms with Gasteiger partial charge in [0.15, 0.2) is 0 Å². The lowest BCUT2D eigenvalue weighted by molar-refractivity contribution is -0.116. The van der Waals surface area contributed by atoms with Crippen molar-refractivity contribution in [3.8, 4) is 11.3 Å². The van der Waals surface area contributed by atoms with Gasteiger partial charge in [-0.3, -0.25) is 4.79 Å². The molecule has 0 aliphatic carbocycles. The van der Waals surface area contributed by atoms with E-state index in [0.717, 1.165) is 32.8 Å². The van der Waals surface area contributed by atoms with E-state index < -0.39 is 0 Å². The monoisotopic (exact) mass is 433 g/mol. The summed E-state index contributed by atoms with van der Waals surface area (Å²) in [7, 11) is 0. The van der Waals surface area contributed by atoms with E-state index in [-0.39, 0.29) is 5.91 Å². The Morgan fingerprint density at radius 2 is 1.79 bits per heavy atom. The van der Waals surface area contributed by atoms with Gasteiger partial charge in [-0.25, -0.2) is 4.98 Å². The zero-order chi connectivity index (χ0) is 19.5. The summed E-state index contributed by atoms with van der Waals surface area (Å²) < 4.78 is 3.06. The standard InChI is InChI=1S/C23H20BrN3O/c1-16-5-7-17(8-6-16)23-20(27-15-3-2-4-21(27)26-23)13-14-22(28)25-19-11-9-18(24)10-12-19/h2-12,15H,13-14H2,1H3,(H,25,28). The van der Waals surface area contributed by atoms with Gasteiger partial charge in [-0.05, 0) is 49.7 Å². The lowest BCUT2D eigenvalue weighted by atomic mass is 10.1. The first kappa shape index (κ1) is 18.4. The van der Waals surface area contributed by atoms with Crippen LogP contribution in [0.1, 0.15) is 17.7 Å². The number of hydrogen-bond donors (Lipinski definition) is 1. The zero-order valence-corrected chi connectivity index (χ0v) is 17.1. The van der Waals surface area contributed by atoms with Crippen LogP contribution in [0.3, 0.4) is 0 Å². The lowest BCUT2D eigenvalue weighted by Crippen LogP contribution is -2.13. The highest BCUT2D eigenvalue weighted by molar-refractivity contribution is 9.10. The predicted octanol–water partition coefficient (Wildman–Crippen LogP) is 5.64. The summed E-state index contributed by atoms with van der Waals surface area (Å²) in [4.78, 5) is 17.3. The van der Waals surface area contributed by atoms with Gasteiger partial charge in [0.1, 0.15) is 5.65 Å². The van der Waals surface area contributed by atoms with Gasteiger partial charge in [-0.1, -0.05) is 51.8 Å². The molecule has 0 saturated heterocycles. The highest BCUT2D eigenvalue weighted by atomic mass is 79.9. The molecule has 1 amide bonds. The second-order valence-electron chi connectivity index (χ2n) is 6.76. The van der Waals surface area contributed by atoms with Crippen LogP contribution in [0, 0.1) is 6.92 Å². The molecule has 4 nitrogen and oxygen atoms in total. The minimum Gasteiger partial charge on any atom is -0.326 e. The fraction of sp³-hybridized carbons (Fsp3) is 0.130. The van der Waals surface area contributed by atoms with Crippen LogP contribution in [0.15, 0.2) is 77.4 Å². The highest BCUT2D eigenvalue weighted by Crippen LogP contribution is 2.26. The van der Waals surface area contributed by atoms with Crippen molar-refractivity contribution in [2.24, 2.45) is 0 Å². The Kier molecular flexibility index (Phi) is 5.26. The minimum absolute atomic E-state index is 0.0111. The van der Waals surface area contributed by atoms with Crippen molar-refractivity contribution >= 4 is 33.2 Å². The first-order valence-electron chi connectivity index (χ1n) is 9.18. The molecule has 2 aromatic heterocycles. The van der Waals surface area contributed by atoms with Gasteiger partial charge in [0, 0.05) is 28.3 Å². The van der Waals surface area contributed by atoms with E-state index in [9.17, 15) is 4.79 Å². The van der Waals surface area contributed by atoms with Gasteiger partial charge in [0.05, 0.1) is 11.4 Å². The molecular weight excluding hydrogens is 414 g/mol. The number of carbonyl (C=O) groups is 1. The molecule has 2 heterocycles. The number of imidazole rings is 1. The minimum atomic E-state index is -0.0111. The molecule has 4 aromatic rings. The van der Waals surface area contributed by atoms with E-state index in [2.05, 4.69) is 56.8 Å². The first-order chi connectivity index (χ1) is 13.6. The van der Waals surface area contributed by atoms with Crippen LogP contribution in [-0.2, 0) is 11.2 Å². The van der Waals surface area contributed by atoms with E-state index in [4.69, 9.17) is 4.98 Å². The first-order valence-corrected chi connectivity index (χ1v) is 9.98. The van der Waals surface area contributed by atoms with Crippen molar-refractivity contribution in [1.82, 2.24) is 9.38 Å². The number of benzene rings is 2. The maximum Gasteiger partial charge on any atom is 0.224 e. The molecule has 0 saturated carbocycles. The highest BCUT2D eigenvalue weighted by Gasteiger charge is 2.15. The third-order valence-electron chi connectivity index (χ3n) is 4.67. The van der Waals surface area contributed by atoms with Crippen LogP contribution in [0.5, 0.6) is 0 Å². The average Bonchev–Trinajstić information content (AvgIpc) is 3.07. The van der Waals surface area contributed by atoms with Gasteiger partial charge < -0.3 is 9.72 Å². The molecule has 28 heavy (non-hydrogen) atoms. The number of fused-ring (bicyclic) bond motifs is 1. The number of aromatic nitrogens is 2. The number of nitrogens with zero attached hydrogens (tertiary/aromatic N) is 2. The van der Waals surface area contributed by atoms with E-state index in [1.807, 2.05) is 48.7 Å². The summed E-state index contributed by atoms with van der Waals surface area (Å²) in [6, 6.07) is 21.9. The number of amides is 1. The summed E-state index contributed by atoms with van der Waals surface area (Å²) in [5.74, 6) is -0.0111. The molecule has 0 radical (unpaired) electrons. The van der Waals surface area contributed by atoms with Crippen LogP contribution in [0.2, 0.25) is 0 Å². The molecule has 4 rings (SSSR count). The molecule has 0 unspecified atom stereocenters. The number of rotatable bonds is 5. The molecule has 0 fully saturated rings. The molecule has 1 N–H and O–H groups in total. The van der Waals surface area contributed by atoms with Gasteiger partial charge in [-0.2, -0.15) is 0 Å². The fourth-order valence-corrected chi connectivity index (χ4v) is 3.48. The van der Waals surface area contributed by atoms with Crippen molar-refractivity contribution in [2.45, 2.75) is 19.8 Å². The summed E-state index contributed by atoms with van der Waals surface area (Å²) in [5.41, 5.74) is 5.94. The van der Waals surface area contributed by atoms with Crippen LogP contribution in [0.4, 0.5) is 5.69 Å². The molecular formula is C23H20BrN3O. The van der Waals surface area contributed by atoms with Crippen LogP contribution < -0.4 is 5.32 Å². The maximum absolute atomic E-state index is 12.5. The average molecular weight is 434 g/mol. The summed E-state index contributed by atoms with van der Waals surface area (Å²) >= 11 is 3.40. The summed E-state index contributed by atoms with van der Waals surface area (Å²) in [6.07, 6.45) is 3.00. The molecule has 0 atom stereocenters. The molecule has 2 aromatic carbocycles. The van der Waals surface area contributed by atoms with E-state index in [1.165, 1.54) is 5.56 Å². The summed E-state index contributed by atoms with van der Waals surface area (Å²) in [6.45, 7) is 2.07. The third-order valence-corrected chi connectivity index (χ3v) is 5.20. The second kappa shape index (κ2) is 7.98.